The number of aliphatic hydroxyl groups excluding tert-OH is 1. The highest BCUT2D eigenvalue weighted by Gasteiger charge is 2.28. The Labute approximate surface area is 89.1 Å². The first-order chi connectivity index (χ1) is 6.66. The second-order valence-electron chi connectivity index (χ2n) is 3.84. The van der Waals surface area contributed by atoms with Gasteiger partial charge in [-0.25, -0.2) is 0 Å². The molecule has 1 heterocycles. The van der Waals surface area contributed by atoms with E-state index >= 15 is 0 Å². The van der Waals surface area contributed by atoms with Crippen molar-refractivity contribution in [2.24, 2.45) is 0 Å². The Morgan fingerprint density at radius 3 is 2.79 bits per heavy atom. The lowest BCUT2D eigenvalue weighted by molar-refractivity contribution is -0.0211. The number of aliphatic hydroxyl groups is 1. The van der Waals surface area contributed by atoms with Gasteiger partial charge in [-0.05, 0) is 24.6 Å². The second-order valence-corrected chi connectivity index (χ2v) is 4.28. The molecule has 1 atom stereocenters. The Morgan fingerprint density at radius 2 is 2.21 bits per heavy atom. The molecule has 1 fully saturated rings. The number of halogens is 1. The highest BCUT2D eigenvalue weighted by Crippen LogP contribution is 2.26. The first kappa shape index (κ1) is 9.97. The van der Waals surface area contributed by atoms with E-state index in [1.807, 2.05) is 18.2 Å². The van der Waals surface area contributed by atoms with Crippen molar-refractivity contribution in [3.63, 3.8) is 0 Å². The van der Waals surface area contributed by atoms with Crippen LogP contribution in [-0.2, 0) is 0 Å². The van der Waals surface area contributed by atoms with Gasteiger partial charge in [-0.1, -0.05) is 23.7 Å². The molecule has 0 amide bonds. The third-order valence-electron chi connectivity index (χ3n) is 2.77. The van der Waals surface area contributed by atoms with Gasteiger partial charge in [-0.2, -0.15) is 0 Å². The summed E-state index contributed by atoms with van der Waals surface area (Å²) in [6.45, 7) is 3.68. The number of hydrogen-bond acceptors (Lipinski definition) is 2. The van der Waals surface area contributed by atoms with Crippen LogP contribution in [-0.4, -0.2) is 29.2 Å². The van der Waals surface area contributed by atoms with Crippen LogP contribution in [0.15, 0.2) is 24.3 Å². The highest BCUT2D eigenvalue weighted by molar-refractivity contribution is 6.30. The first-order valence-electron chi connectivity index (χ1n) is 4.84. The van der Waals surface area contributed by atoms with E-state index in [2.05, 4.69) is 17.9 Å². The van der Waals surface area contributed by atoms with Gasteiger partial charge in [0.05, 0.1) is 6.10 Å². The molecule has 2 rings (SSSR count). The standard InChI is InChI=1S/C11H14ClNO/c1-8(13-6-11(14)7-13)9-3-2-4-10(12)5-9/h2-5,8,11,14H,6-7H2,1H3/t8-/m1/s1. The first-order valence-corrected chi connectivity index (χ1v) is 5.22. The van der Waals surface area contributed by atoms with Crippen LogP contribution in [0.25, 0.3) is 0 Å². The van der Waals surface area contributed by atoms with Crippen molar-refractivity contribution in [1.29, 1.82) is 0 Å². The minimum Gasteiger partial charge on any atom is -0.390 e. The lowest BCUT2D eigenvalue weighted by atomic mass is 10.0. The van der Waals surface area contributed by atoms with Crippen LogP contribution in [0.3, 0.4) is 0 Å². The molecule has 0 aromatic heterocycles. The molecule has 0 aliphatic carbocycles. The van der Waals surface area contributed by atoms with Crippen LogP contribution in [0.5, 0.6) is 0 Å². The molecule has 0 bridgehead atoms. The van der Waals surface area contributed by atoms with Crippen LogP contribution in [0.4, 0.5) is 0 Å². The number of β-amino-alcohol motifs (C(OH)–C–C–N with tert-alkyl or cyclic N) is 1. The molecule has 14 heavy (non-hydrogen) atoms. The van der Waals surface area contributed by atoms with Gasteiger partial charge in [0.25, 0.3) is 0 Å². The number of likely N-dealkylation sites (tertiary alicyclic amines) is 1. The molecule has 1 aromatic rings. The summed E-state index contributed by atoms with van der Waals surface area (Å²) in [6.07, 6.45) is -0.142. The second kappa shape index (κ2) is 3.89. The van der Waals surface area contributed by atoms with E-state index in [1.54, 1.807) is 0 Å². The third kappa shape index (κ3) is 1.92. The molecule has 3 heteroatoms. The van der Waals surface area contributed by atoms with Gasteiger partial charge < -0.3 is 5.11 Å². The minimum absolute atomic E-state index is 0.142. The SMILES string of the molecule is C[C@H](c1cccc(Cl)c1)N1CC(O)C1. The van der Waals surface area contributed by atoms with Crippen LogP contribution in [0, 0.1) is 0 Å². The summed E-state index contributed by atoms with van der Waals surface area (Å²) in [6, 6.07) is 8.24. The molecule has 76 valence electrons. The summed E-state index contributed by atoms with van der Waals surface area (Å²) >= 11 is 5.92. The molecule has 1 saturated heterocycles. The predicted octanol–water partition coefficient (Wildman–Crippen LogP) is 2.08. The third-order valence-corrected chi connectivity index (χ3v) is 3.00. The van der Waals surface area contributed by atoms with Gasteiger partial charge in [0.15, 0.2) is 0 Å². The molecule has 0 radical (unpaired) electrons. The van der Waals surface area contributed by atoms with Gasteiger partial charge in [0, 0.05) is 24.2 Å². The molecule has 1 N–H and O–H groups in total. The lowest BCUT2D eigenvalue weighted by Gasteiger charge is -2.40. The molecule has 0 spiro atoms. The van der Waals surface area contributed by atoms with Gasteiger partial charge >= 0.3 is 0 Å². The summed E-state index contributed by atoms with van der Waals surface area (Å²) in [5.74, 6) is 0. The Balaban J connectivity index is 2.07. The summed E-state index contributed by atoms with van der Waals surface area (Å²) in [4.78, 5) is 2.23. The van der Waals surface area contributed by atoms with Crippen LogP contribution < -0.4 is 0 Å². The van der Waals surface area contributed by atoms with E-state index in [0.29, 0.717) is 6.04 Å². The van der Waals surface area contributed by atoms with Gasteiger partial charge in [0.2, 0.25) is 0 Å². The van der Waals surface area contributed by atoms with E-state index in [4.69, 9.17) is 11.6 Å². The zero-order valence-electron chi connectivity index (χ0n) is 8.15. The summed E-state index contributed by atoms with van der Waals surface area (Å²) in [7, 11) is 0. The molecular weight excluding hydrogens is 198 g/mol. The fourth-order valence-electron chi connectivity index (χ4n) is 1.78. The smallest absolute Gasteiger partial charge is 0.0794 e. The quantitative estimate of drug-likeness (QED) is 0.810. The minimum atomic E-state index is -0.142. The van der Waals surface area contributed by atoms with Gasteiger partial charge in [0.1, 0.15) is 0 Å². The summed E-state index contributed by atoms with van der Waals surface area (Å²) in [5.41, 5.74) is 1.21. The fourth-order valence-corrected chi connectivity index (χ4v) is 1.98. The van der Waals surface area contributed by atoms with E-state index in [-0.39, 0.29) is 6.10 Å². The van der Waals surface area contributed by atoms with Gasteiger partial charge in [-0.3, -0.25) is 4.90 Å². The van der Waals surface area contributed by atoms with Crippen LogP contribution in [0.2, 0.25) is 5.02 Å². The highest BCUT2D eigenvalue weighted by atomic mass is 35.5. The van der Waals surface area contributed by atoms with Crippen molar-refractivity contribution in [3.05, 3.63) is 34.9 Å². The zero-order valence-corrected chi connectivity index (χ0v) is 8.91. The Kier molecular flexibility index (Phi) is 2.77. The Bertz CT molecular complexity index is 323. The maximum absolute atomic E-state index is 9.20. The number of benzene rings is 1. The van der Waals surface area contributed by atoms with Crippen LogP contribution >= 0.6 is 11.6 Å². The van der Waals surface area contributed by atoms with E-state index in [0.717, 1.165) is 18.1 Å². The topological polar surface area (TPSA) is 23.5 Å². The van der Waals surface area contributed by atoms with Crippen molar-refractivity contribution in [2.45, 2.75) is 19.1 Å². The van der Waals surface area contributed by atoms with E-state index in [1.165, 1.54) is 5.56 Å². The van der Waals surface area contributed by atoms with Crippen molar-refractivity contribution < 1.29 is 5.11 Å². The average Bonchev–Trinajstić information content (AvgIpc) is 2.12. The molecule has 0 unspecified atom stereocenters. The molecule has 1 aliphatic heterocycles. The molecule has 1 aliphatic rings. The monoisotopic (exact) mass is 211 g/mol. The average molecular weight is 212 g/mol. The van der Waals surface area contributed by atoms with Crippen molar-refractivity contribution in [1.82, 2.24) is 4.90 Å². The Morgan fingerprint density at radius 1 is 1.50 bits per heavy atom. The maximum atomic E-state index is 9.20. The summed E-state index contributed by atoms with van der Waals surface area (Å²) in [5, 5.41) is 9.97. The number of rotatable bonds is 2. The Hall–Kier alpha value is -0.570. The molecule has 1 aromatic carbocycles. The largest absolute Gasteiger partial charge is 0.390 e. The van der Waals surface area contributed by atoms with E-state index < -0.39 is 0 Å². The lowest BCUT2D eigenvalue weighted by Crippen LogP contribution is -2.51. The van der Waals surface area contributed by atoms with Crippen molar-refractivity contribution >= 4 is 11.6 Å². The van der Waals surface area contributed by atoms with Crippen LogP contribution in [0.1, 0.15) is 18.5 Å². The predicted molar refractivity (Wildman–Crippen MR) is 57.4 cm³/mol. The summed E-state index contributed by atoms with van der Waals surface area (Å²) < 4.78 is 0. The number of nitrogens with zero attached hydrogens (tertiary/aromatic N) is 1. The normalized spacial score (nSPS) is 20.5. The molecule has 0 saturated carbocycles. The van der Waals surface area contributed by atoms with Crippen molar-refractivity contribution in [3.8, 4) is 0 Å². The molecular formula is C11H14ClNO. The number of hydrogen-bond donors (Lipinski definition) is 1. The zero-order chi connectivity index (χ0) is 10.1. The van der Waals surface area contributed by atoms with E-state index in [9.17, 15) is 5.11 Å². The maximum Gasteiger partial charge on any atom is 0.0794 e. The van der Waals surface area contributed by atoms with Crippen molar-refractivity contribution in [2.75, 3.05) is 13.1 Å². The fraction of sp³-hybridized carbons (Fsp3) is 0.455. The molecule has 2 nitrogen and oxygen atoms in total. The van der Waals surface area contributed by atoms with Gasteiger partial charge in [-0.15, -0.1) is 0 Å².